The highest BCUT2D eigenvalue weighted by Gasteiger charge is 2.04. The number of aliphatic carboxylic acids is 1. The fraction of sp³-hybridized carbons (Fsp3) is 0.615. The minimum atomic E-state index is -0.688. The zero-order valence-electron chi connectivity index (χ0n) is 10.4. The molecule has 0 unspecified atom stereocenters. The predicted molar refractivity (Wildman–Crippen MR) is 71.6 cm³/mol. The average Bonchev–Trinajstić information content (AvgIpc) is 2.81. The van der Waals surface area contributed by atoms with E-state index in [0.717, 1.165) is 38.9 Å². The van der Waals surface area contributed by atoms with Gasteiger partial charge >= 0.3 is 5.97 Å². The van der Waals surface area contributed by atoms with Gasteiger partial charge in [0.25, 0.3) is 0 Å². The van der Waals surface area contributed by atoms with Crippen LogP contribution in [-0.2, 0) is 11.2 Å². The number of hydrogen-bond donors (Lipinski definition) is 1. The van der Waals surface area contributed by atoms with Gasteiger partial charge in [-0.25, -0.2) is 0 Å². The number of carboxylic acids is 1. The molecule has 1 rings (SSSR count). The number of unbranched alkanes of at least 4 members (excludes halogenated alkanes) is 1. The van der Waals surface area contributed by atoms with E-state index < -0.39 is 5.97 Å². The summed E-state index contributed by atoms with van der Waals surface area (Å²) in [5.41, 5.74) is 0. The molecule has 3 nitrogen and oxygen atoms in total. The Morgan fingerprint density at radius 2 is 2.24 bits per heavy atom. The maximum absolute atomic E-state index is 10.4. The van der Waals surface area contributed by atoms with Gasteiger partial charge in [0.15, 0.2) is 0 Å². The number of likely N-dealkylation sites (N-methyl/N-ethyl adjacent to an activating group) is 1. The monoisotopic (exact) mass is 255 g/mol. The van der Waals surface area contributed by atoms with E-state index in [9.17, 15) is 4.79 Å². The van der Waals surface area contributed by atoms with E-state index in [0.29, 0.717) is 6.42 Å². The van der Waals surface area contributed by atoms with Gasteiger partial charge < -0.3 is 10.0 Å². The normalized spacial score (nSPS) is 10.9. The first-order chi connectivity index (χ1) is 8.22. The molecule has 0 aliphatic rings. The zero-order chi connectivity index (χ0) is 12.5. The molecule has 0 saturated carbocycles. The van der Waals surface area contributed by atoms with Crippen molar-refractivity contribution in [1.82, 2.24) is 4.90 Å². The van der Waals surface area contributed by atoms with Gasteiger partial charge in [-0.05, 0) is 43.8 Å². The van der Waals surface area contributed by atoms with Crippen LogP contribution in [0.15, 0.2) is 17.5 Å². The highest BCUT2D eigenvalue weighted by molar-refractivity contribution is 7.09. The van der Waals surface area contributed by atoms with Crippen LogP contribution in [0.3, 0.4) is 0 Å². The minimum absolute atomic E-state index is 0.294. The van der Waals surface area contributed by atoms with Crippen LogP contribution >= 0.6 is 11.3 Å². The van der Waals surface area contributed by atoms with Gasteiger partial charge in [-0.15, -0.1) is 11.3 Å². The fourth-order valence-corrected chi connectivity index (χ4v) is 2.46. The summed E-state index contributed by atoms with van der Waals surface area (Å²) in [6.07, 6.45) is 3.16. The van der Waals surface area contributed by atoms with E-state index in [1.807, 2.05) is 0 Å². The van der Waals surface area contributed by atoms with Crippen molar-refractivity contribution in [2.24, 2.45) is 0 Å². The second-order valence-corrected chi connectivity index (χ2v) is 5.15. The van der Waals surface area contributed by atoms with Crippen LogP contribution in [0.25, 0.3) is 0 Å². The van der Waals surface area contributed by atoms with Crippen LogP contribution in [0.4, 0.5) is 0 Å². The molecule has 0 radical (unpaired) electrons. The van der Waals surface area contributed by atoms with Crippen LogP contribution in [0.5, 0.6) is 0 Å². The third-order valence-electron chi connectivity index (χ3n) is 2.82. The summed E-state index contributed by atoms with van der Waals surface area (Å²) in [6.45, 7) is 5.28. The van der Waals surface area contributed by atoms with Gasteiger partial charge in [-0.3, -0.25) is 4.79 Å². The van der Waals surface area contributed by atoms with Gasteiger partial charge in [0, 0.05) is 17.8 Å². The molecular formula is C13H21NO2S. The summed E-state index contributed by atoms with van der Waals surface area (Å²) in [7, 11) is 0. The number of carboxylic acid groups (broad SMARTS) is 1. The molecule has 0 aliphatic heterocycles. The highest BCUT2D eigenvalue weighted by atomic mass is 32.1. The van der Waals surface area contributed by atoms with Crippen LogP contribution < -0.4 is 0 Å². The van der Waals surface area contributed by atoms with Crippen LogP contribution in [-0.4, -0.2) is 35.6 Å². The Hall–Kier alpha value is -0.870. The van der Waals surface area contributed by atoms with E-state index in [1.54, 1.807) is 11.3 Å². The maximum atomic E-state index is 10.4. The van der Waals surface area contributed by atoms with Crippen LogP contribution in [0.1, 0.15) is 31.1 Å². The van der Waals surface area contributed by atoms with E-state index in [2.05, 4.69) is 29.3 Å². The first kappa shape index (κ1) is 14.2. The summed E-state index contributed by atoms with van der Waals surface area (Å²) in [6, 6.07) is 4.26. The van der Waals surface area contributed by atoms with Gasteiger partial charge in [0.2, 0.25) is 0 Å². The second kappa shape index (κ2) is 8.25. The summed E-state index contributed by atoms with van der Waals surface area (Å²) >= 11 is 1.80. The van der Waals surface area contributed by atoms with Gasteiger partial charge in [-0.1, -0.05) is 13.0 Å². The zero-order valence-corrected chi connectivity index (χ0v) is 11.2. The van der Waals surface area contributed by atoms with Crippen molar-refractivity contribution >= 4 is 17.3 Å². The number of rotatable bonds is 9. The fourth-order valence-electron chi connectivity index (χ4n) is 1.76. The van der Waals surface area contributed by atoms with Gasteiger partial charge in [0.05, 0.1) is 0 Å². The number of thiophene rings is 1. The molecule has 0 bridgehead atoms. The molecule has 17 heavy (non-hydrogen) atoms. The third kappa shape index (κ3) is 6.44. The molecular weight excluding hydrogens is 234 g/mol. The maximum Gasteiger partial charge on any atom is 0.303 e. The molecule has 4 heteroatoms. The molecule has 0 spiro atoms. The van der Waals surface area contributed by atoms with E-state index in [1.165, 1.54) is 4.88 Å². The Bertz CT molecular complexity index is 311. The van der Waals surface area contributed by atoms with Crippen molar-refractivity contribution in [2.45, 2.75) is 32.6 Å². The summed E-state index contributed by atoms with van der Waals surface area (Å²) in [4.78, 5) is 14.2. The summed E-state index contributed by atoms with van der Waals surface area (Å²) in [5.74, 6) is -0.688. The van der Waals surface area contributed by atoms with Crippen molar-refractivity contribution in [2.75, 3.05) is 19.6 Å². The molecule has 96 valence electrons. The predicted octanol–water partition coefficient (Wildman–Crippen LogP) is 2.87. The molecule has 0 atom stereocenters. The first-order valence-electron chi connectivity index (χ1n) is 6.19. The quantitative estimate of drug-likeness (QED) is 0.690. The first-order valence-corrected chi connectivity index (χ1v) is 7.07. The largest absolute Gasteiger partial charge is 0.481 e. The number of nitrogens with zero attached hydrogens (tertiary/aromatic N) is 1. The Morgan fingerprint density at radius 1 is 1.41 bits per heavy atom. The lowest BCUT2D eigenvalue weighted by atomic mass is 10.2. The third-order valence-corrected chi connectivity index (χ3v) is 3.75. The molecule has 0 saturated heterocycles. The lowest BCUT2D eigenvalue weighted by Crippen LogP contribution is -2.26. The van der Waals surface area contributed by atoms with Crippen molar-refractivity contribution in [3.05, 3.63) is 22.4 Å². The van der Waals surface area contributed by atoms with Gasteiger partial charge in [0.1, 0.15) is 0 Å². The molecule has 0 aliphatic carbocycles. The summed E-state index contributed by atoms with van der Waals surface area (Å²) < 4.78 is 0. The van der Waals surface area contributed by atoms with Crippen molar-refractivity contribution in [1.29, 1.82) is 0 Å². The van der Waals surface area contributed by atoms with Gasteiger partial charge in [-0.2, -0.15) is 0 Å². The van der Waals surface area contributed by atoms with E-state index >= 15 is 0 Å². The average molecular weight is 255 g/mol. The van der Waals surface area contributed by atoms with Crippen molar-refractivity contribution in [3.8, 4) is 0 Å². The molecule has 1 aromatic heterocycles. The molecule has 1 aromatic rings. The lowest BCUT2D eigenvalue weighted by Gasteiger charge is -2.19. The van der Waals surface area contributed by atoms with E-state index in [4.69, 9.17) is 5.11 Å². The molecule has 0 aromatic carbocycles. The number of hydrogen-bond acceptors (Lipinski definition) is 3. The van der Waals surface area contributed by atoms with Crippen LogP contribution in [0.2, 0.25) is 0 Å². The summed E-state index contributed by atoms with van der Waals surface area (Å²) in [5, 5.41) is 10.7. The highest BCUT2D eigenvalue weighted by Crippen LogP contribution is 2.10. The van der Waals surface area contributed by atoms with Crippen molar-refractivity contribution < 1.29 is 9.90 Å². The lowest BCUT2D eigenvalue weighted by molar-refractivity contribution is -0.137. The Morgan fingerprint density at radius 3 is 2.82 bits per heavy atom. The number of carbonyl (C=O) groups is 1. The van der Waals surface area contributed by atoms with E-state index in [-0.39, 0.29) is 0 Å². The smallest absolute Gasteiger partial charge is 0.303 e. The molecule has 1 heterocycles. The minimum Gasteiger partial charge on any atom is -0.481 e. The molecule has 1 N–H and O–H groups in total. The topological polar surface area (TPSA) is 40.5 Å². The Balaban J connectivity index is 2.13. The Labute approximate surface area is 107 Å². The van der Waals surface area contributed by atoms with Crippen molar-refractivity contribution in [3.63, 3.8) is 0 Å². The molecule has 0 fully saturated rings. The second-order valence-electron chi connectivity index (χ2n) is 4.11. The Kier molecular flexibility index (Phi) is 6.89. The molecule has 0 amide bonds. The van der Waals surface area contributed by atoms with Crippen LogP contribution in [0, 0.1) is 0 Å². The SMILES string of the molecule is CCN(CCCCC(=O)O)CCc1cccs1. The standard InChI is InChI=1S/C13H21NO2S/c1-2-14(9-4-3-7-13(15)16)10-8-12-6-5-11-17-12/h5-6,11H,2-4,7-10H2,1H3,(H,15,16).